The highest BCUT2D eigenvalue weighted by atomic mass is 32.2. The summed E-state index contributed by atoms with van der Waals surface area (Å²) in [5.41, 5.74) is 0. The zero-order valence-electron chi connectivity index (χ0n) is 9.87. The normalized spacial score (nSPS) is 32.1. The number of sulfonamides is 1. The number of aliphatic carboxylic acids is 1. The summed E-state index contributed by atoms with van der Waals surface area (Å²) >= 11 is 0. The van der Waals surface area contributed by atoms with E-state index in [0.717, 1.165) is 12.8 Å². The number of carboxylic acid groups (broad SMARTS) is 1. The summed E-state index contributed by atoms with van der Waals surface area (Å²) in [7, 11) is -3.10. The van der Waals surface area contributed by atoms with Crippen LogP contribution in [0.1, 0.15) is 12.8 Å². The second kappa shape index (κ2) is 4.55. The molecule has 98 valence electrons. The minimum atomic E-state index is -3.10. The first-order valence-corrected chi connectivity index (χ1v) is 7.66. The molecule has 6 nitrogen and oxygen atoms in total. The molecule has 1 saturated heterocycles. The van der Waals surface area contributed by atoms with Crippen molar-refractivity contribution in [1.82, 2.24) is 9.21 Å². The van der Waals surface area contributed by atoms with E-state index in [2.05, 4.69) is 4.90 Å². The Bertz CT molecular complexity index is 401. The molecule has 0 spiro atoms. The number of hydrogen-bond acceptors (Lipinski definition) is 4. The highest BCUT2D eigenvalue weighted by Crippen LogP contribution is 2.33. The van der Waals surface area contributed by atoms with Gasteiger partial charge in [-0.05, 0) is 12.8 Å². The maximum Gasteiger partial charge on any atom is 0.308 e. The van der Waals surface area contributed by atoms with Crippen LogP contribution in [-0.4, -0.2) is 67.2 Å². The molecule has 2 unspecified atom stereocenters. The van der Waals surface area contributed by atoms with Gasteiger partial charge in [-0.15, -0.1) is 0 Å². The van der Waals surface area contributed by atoms with Crippen LogP contribution in [0.25, 0.3) is 0 Å². The number of carboxylic acids is 1. The molecule has 0 bridgehead atoms. The lowest BCUT2D eigenvalue weighted by molar-refractivity contribution is -0.149. The Labute approximate surface area is 101 Å². The lowest BCUT2D eigenvalue weighted by Crippen LogP contribution is -2.57. The first-order chi connectivity index (χ1) is 7.89. The van der Waals surface area contributed by atoms with E-state index in [1.807, 2.05) is 0 Å². The molecular formula is C10H18N2O4S. The fourth-order valence-corrected chi connectivity index (χ4v) is 3.40. The van der Waals surface area contributed by atoms with Gasteiger partial charge in [0.15, 0.2) is 0 Å². The minimum Gasteiger partial charge on any atom is -0.481 e. The predicted molar refractivity (Wildman–Crippen MR) is 62.1 cm³/mol. The van der Waals surface area contributed by atoms with Crippen LogP contribution in [0.4, 0.5) is 0 Å². The van der Waals surface area contributed by atoms with Gasteiger partial charge in [0.05, 0.1) is 12.2 Å². The molecule has 0 aromatic rings. The fraction of sp³-hybridized carbons (Fsp3) is 0.900. The molecular weight excluding hydrogens is 244 g/mol. The second-order valence-electron chi connectivity index (χ2n) is 4.79. The number of piperazine rings is 1. The van der Waals surface area contributed by atoms with Gasteiger partial charge in [-0.2, -0.15) is 4.31 Å². The number of carbonyl (C=O) groups is 1. The van der Waals surface area contributed by atoms with Crippen LogP contribution in [0.3, 0.4) is 0 Å². The van der Waals surface area contributed by atoms with E-state index in [9.17, 15) is 13.2 Å². The Morgan fingerprint density at radius 1 is 1.18 bits per heavy atom. The van der Waals surface area contributed by atoms with Crippen molar-refractivity contribution in [1.29, 1.82) is 0 Å². The second-order valence-corrected chi connectivity index (χ2v) is 6.77. The van der Waals surface area contributed by atoms with Crippen LogP contribution in [0.5, 0.6) is 0 Å². The van der Waals surface area contributed by atoms with Crippen LogP contribution in [0.2, 0.25) is 0 Å². The molecule has 2 aliphatic rings. The Morgan fingerprint density at radius 3 is 2.12 bits per heavy atom. The minimum absolute atomic E-state index is 0.106. The molecule has 1 aliphatic heterocycles. The molecule has 1 aliphatic carbocycles. The maximum absolute atomic E-state index is 11.3. The molecule has 0 aromatic heterocycles. The maximum atomic E-state index is 11.3. The van der Waals surface area contributed by atoms with Crippen molar-refractivity contribution in [3.05, 3.63) is 0 Å². The van der Waals surface area contributed by atoms with E-state index in [1.165, 1.54) is 10.6 Å². The van der Waals surface area contributed by atoms with Crippen molar-refractivity contribution in [2.24, 2.45) is 5.92 Å². The van der Waals surface area contributed by atoms with Gasteiger partial charge in [-0.1, -0.05) is 0 Å². The van der Waals surface area contributed by atoms with Crippen molar-refractivity contribution >= 4 is 16.0 Å². The molecule has 2 fully saturated rings. The third-order valence-electron chi connectivity index (χ3n) is 3.77. The molecule has 2 rings (SSSR count). The molecule has 7 heteroatoms. The van der Waals surface area contributed by atoms with Gasteiger partial charge in [-0.25, -0.2) is 8.42 Å². The van der Waals surface area contributed by atoms with Gasteiger partial charge in [-0.3, -0.25) is 9.69 Å². The largest absolute Gasteiger partial charge is 0.481 e. The van der Waals surface area contributed by atoms with Gasteiger partial charge < -0.3 is 5.11 Å². The van der Waals surface area contributed by atoms with Crippen LogP contribution in [-0.2, 0) is 14.8 Å². The first-order valence-electron chi connectivity index (χ1n) is 5.81. The average molecular weight is 262 g/mol. The van der Waals surface area contributed by atoms with E-state index in [4.69, 9.17) is 5.11 Å². The van der Waals surface area contributed by atoms with Crippen molar-refractivity contribution in [3.63, 3.8) is 0 Å². The highest BCUT2D eigenvalue weighted by Gasteiger charge is 2.41. The van der Waals surface area contributed by atoms with Gasteiger partial charge in [0.2, 0.25) is 10.0 Å². The van der Waals surface area contributed by atoms with Crippen molar-refractivity contribution in [2.45, 2.75) is 18.9 Å². The summed E-state index contributed by atoms with van der Waals surface area (Å²) in [5, 5.41) is 8.98. The monoisotopic (exact) mass is 262 g/mol. The highest BCUT2D eigenvalue weighted by molar-refractivity contribution is 7.88. The molecule has 0 radical (unpaired) electrons. The topological polar surface area (TPSA) is 77.9 Å². The predicted octanol–water partition coefficient (Wildman–Crippen LogP) is -0.573. The van der Waals surface area contributed by atoms with Gasteiger partial charge >= 0.3 is 5.97 Å². The number of hydrogen-bond donors (Lipinski definition) is 1. The molecule has 1 heterocycles. The zero-order valence-corrected chi connectivity index (χ0v) is 10.7. The van der Waals surface area contributed by atoms with Gasteiger partial charge in [0, 0.05) is 32.2 Å². The summed E-state index contributed by atoms with van der Waals surface area (Å²) in [4.78, 5) is 13.0. The Hall–Kier alpha value is -0.660. The first kappa shape index (κ1) is 12.8. The number of nitrogens with zero attached hydrogens (tertiary/aromatic N) is 2. The van der Waals surface area contributed by atoms with E-state index in [0.29, 0.717) is 26.2 Å². The average Bonchev–Trinajstić information content (AvgIpc) is 2.14. The standard InChI is InChI=1S/C10H18N2O4S/c1-17(15,16)12-6-4-11(5-7-12)9-3-2-8(9)10(13)14/h8-9H,2-7H2,1H3,(H,13,14). The third kappa shape index (κ3) is 2.61. The zero-order chi connectivity index (χ0) is 12.6. The number of rotatable bonds is 3. The summed E-state index contributed by atoms with van der Waals surface area (Å²) in [6, 6.07) is 0.106. The van der Waals surface area contributed by atoms with Crippen LogP contribution in [0, 0.1) is 5.92 Å². The Morgan fingerprint density at radius 2 is 1.76 bits per heavy atom. The fourth-order valence-electron chi connectivity index (χ4n) is 2.57. The van der Waals surface area contributed by atoms with Gasteiger partial charge in [0.1, 0.15) is 0 Å². The Balaban J connectivity index is 1.90. The SMILES string of the molecule is CS(=O)(=O)N1CCN(C2CCC2C(=O)O)CC1. The van der Waals surface area contributed by atoms with E-state index in [1.54, 1.807) is 0 Å². The smallest absolute Gasteiger partial charge is 0.308 e. The molecule has 17 heavy (non-hydrogen) atoms. The summed E-state index contributed by atoms with van der Waals surface area (Å²) in [6.45, 7) is 2.23. The van der Waals surface area contributed by atoms with E-state index >= 15 is 0 Å². The lowest BCUT2D eigenvalue weighted by Gasteiger charge is -2.45. The summed E-state index contributed by atoms with van der Waals surface area (Å²) in [5.74, 6) is -0.994. The van der Waals surface area contributed by atoms with Crippen molar-refractivity contribution in [2.75, 3.05) is 32.4 Å². The van der Waals surface area contributed by atoms with Crippen LogP contribution < -0.4 is 0 Å². The van der Waals surface area contributed by atoms with E-state index in [-0.39, 0.29) is 12.0 Å². The van der Waals surface area contributed by atoms with Crippen LogP contribution in [0.15, 0.2) is 0 Å². The lowest BCUT2D eigenvalue weighted by atomic mass is 9.78. The Kier molecular flexibility index (Phi) is 3.42. The summed E-state index contributed by atoms with van der Waals surface area (Å²) in [6.07, 6.45) is 2.87. The molecule has 1 saturated carbocycles. The molecule has 1 N–H and O–H groups in total. The quantitative estimate of drug-likeness (QED) is 0.737. The van der Waals surface area contributed by atoms with Crippen molar-refractivity contribution in [3.8, 4) is 0 Å². The molecule has 0 amide bonds. The molecule has 0 aromatic carbocycles. The van der Waals surface area contributed by atoms with Crippen molar-refractivity contribution < 1.29 is 18.3 Å². The van der Waals surface area contributed by atoms with Crippen LogP contribution >= 0.6 is 0 Å². The third-order valence-corrected chi connectivity index (χ3v) is 5.07. The van der Waals surface area contributed by atoms with E-state index < -0.39 is 16.0 Å². The van der Waals surface area contributed by atoms with Gasteiger partial charge in [0.25, 0.3) is 0 Å². The summed E-state index contributed by atoms with van der Waals surface area (Å²) < 4.78 is 24.1. The molecule has 2 atom stereocenters.